The molecule has 0 aromatic heterocycles. The molecule has 21 heavy (non-hydrogen) atoms. The summed E-state index contributed by atoms with van der Waals surface area (Å²) in [5.74, 6) is 0. The Morgan fingerprint density at radius 2 is 1.86 bits per heavy atom. The summed E-state index contributed by atoms with van der Waals surface area (Å²) >= 11 is 5.54. The Kier molecular flexibility index (Phi) is 4.66. The van der Waals surface area contributed by atoms with Gasteiger partial charge in [-0.25, -0.2) is 12.7 Å². The van der Waals surface area contributed by atoms with Crippen LogP contribution in [-0.2, 0) is 16.4 Å². The van der Waals surface area contributed by atoms with E-state index in [2.05, 4.69) is 4.72 Å². The number of nitrogens with two attached hydrogens (primary N) is 1. The van der Waals surface area contributed by atoms with Crippen molar-refractivity contribution in [2.45, 2.75) is 6.18 Å². The molecule has 0 aliphatic carbocycles. The highest BCUT2D eigenvalue weighted by atomic mass is 35.5. The van der Waals surface area contributed by atoms with Gasteiger partial charge in [0.25, 0.3) is 0 Å². The van der Waals surface area contributed by atoms with Crippen LogP contribution in [0.1, 0.15) is 5.56 Å². The Balaban J connectivity index is 2.30. The lowest BCUT2D eigenvalue weighted by molar-refractivity contribution is -0.661. The second-order valence-electron chi connectivity index (χ2n) is 4.49. The second kappa shape index (κ2) is 5.99. The first-order valence-corrected chi connectivity index (χ1v) is 7.89. The molecule has 0 unspecified atom stereocenters. The molecule has 1 aliphatic rings. The van der Waals surface area contributed by atoms with Gasteiger partial charge in [0.1, 0.15) is 0 Å². The van der Waals surface area contributed by atoms with Gasteiger partial charge >= 0.3 is 6.18 Å². The lowest BCUT2D eigenvalue weighted by Gasteiger charge is -2.34. The van der Waals surface area contributed by atoms with E-state index in [1.807, 2.05) is 5.32 Å². The average molecular weight is 344 g/mol. The summed E-state index contributed by atoms with van der Waals surface area (Å²) in [6.45, 7) is 1.56. The van der Waals surface area contributed by atoms with Gasteiger partial charge < -0.3 is 10.0 Å². The van der Waals surface area contributed by atoms with Crippen LogP contribution in [0.5, 0.6) is 0 Å². The normalized spacial score (nSPS) is 17.7. The van der Waals surface area contributed by atoms with Crippen molar-refractivity contribution >= 4 is 27.5 Å². The Hall–Kier alpha value is -1.03. The molecule has 2 rings (SSSR count). The van der Waals surface area contributed by atoms with Gasteiger partial charge in [0.05, 0.1) is 26.2 Å². The second-order valence-corrected chi connectivity index (χ2v) is 6.52. The summed E-state index contributed by atoms with van der Waals surface area (Å²) in [5, 5.41) is 1.79. The van der Waals surface area contributed by atoms with Crippen molar-refractivity contribution in [3.63, 3.8) is 0 Å². The van der Waals surface area contributed by atoms with E-state index in [1.165, 1.54) is 6.07 Å². The third-order valence-electron chi connectivity index (χ3n) is 2.97. The van der Waals surface area contributed by atoms with Crippen LogP contribution in [0.2, 0.25) is 5.02 Å². The molecule has 1 aromatic carbocycles. The van der Waals surface area contributed by atoms with E-state index in [4.69, 9.17) is 11.6 Å². The Morgan fingerprint density at radius 3 is 2.43 bits per heavy atom. The van der Waals surface area contributed by atoms with Gasteiger partial charge in [-0.15, -0.1) is 5.69 Å². The molecule has 1 saturated heterocycles. The number of alkyl halides is 3. The smallest absolute Gasteiger partial charge is 0.415 e. The molecule has 118 valence electrons. The fourth-order valence-electron chi connectivity index (χ4n) is 1.95. The predicted octanol–water partition coefficient (Wildman–Crippen LogP) is 1.49. The zero-order valence-electron chi connectivity index (χ0n) is 10.8. The maximum Gasteiger partial charge on any atom is 0.415 e. The minimum Gasteiger partial charge on any atom is -0.563 e. The fourth-order valence-corrected chi connectivity index (χ4v) is 3.32. The summed E-state index contributed by atoms with van der Waals surface area (Å²) < 4.78 is 67.3. The maximum atomic E-state index is 12.9. The minimum absolute atomic E-state index is 0.133. The molecule has 1 fully saturated rings. The highest BCUT2D eigenvalue weighted by Gasteiger charge is 2.32. The fraction of sp³-hybridized carbons (Fsp3) is 0.455. The van der Waals surface area contributed by atoms with Gasteiger partial charge in [-0.2, -0.15) is 13.2 Å². The van der Waals surface area contributed by atoms with Crippen LogP contribution in [0.4, 0.5) is 18.9 Å². The Bertz CT molecular complexity index is 616. The quantitative estimate of drug-likeness (QED) is 0.903. The van der Waals surface area contributed by atoms with E-state index in [0.29, 0.717) is 19.2 Å². The topological polar surface area (TPSA) is 68.1 Å². The number of piperazine rings is 1. The van der Waals surface area contributed by atoms with E-state index in [-0.39, 0.29) is 18.1 Å². The lowest BCUT2D eigenvalue weighted by atomic mass is 10.2. The van der Waals surface area contributed by atoms with Crippen molar-refractivity contribution < 1.29 is 26.9 Å². The SMILES string of the molecule is O=S(=O)([N-]c1ccc(Cl)cc1C(F)(F)F)N1CC[NH2+]CC1. The highest BCUT2D eigenvalue weighted by Crippen LogP contribution is 2.41. The zero-order chi connectivity index (χ0) is 15.7. The molecular formula is C11H13ClF3N3O2S. The van der Waals surface area contributed by atoms with Gasteiger partial charge in [-0.3, -0.25) is 0 Å². The van der Waals surface area contributed by atoms with Gasteiger partial charge in [-0.1, -0.05) is 17.7 Å². The summed E-state index contributed by atoms with van der Waals surface area (Å²) in [6, 6.07) is 2.80. The van der Waals surface area contributed by atoms with E-state index in [1.54, 1.807) is 0 Å². The van der Waals surface area contributed by atoms with E-state index in [9.17, 15) is 21.6 Å². The summed E-state index contributed by atoms with van der Waals surface area (Å²) in [7, 11) is -4.14. The summed E-state index contributed by atoms with van der Waals surface area (Å²) in [5.41, 5.74) is -1.82. The van der Waals surface area contributed by atoms with Crippen LogP contribution >= 0.6 is 11.6 Å². The third kappa shape index (κ3) is 4.00. The Morgan fingerprint density at radius 1 is 1.24 bits per heavy atom. The van der Waals surface area contributed by atoms with Crippen molar-refractivity contribution in [1.82, 2.24) is 4.31 Å². The van der Waals surface area contributed by atoms with E-state index in [0.717, 1.165) is 10.4 Å². The van der Waals surface area contributed by atoms with Gasteiger partial charge in [0, 0.05) is 10.6 Å². The number of halogens is 4. The summed E-state index contributed by atoms with van der Waals surface area (Å²) in [6.07, 6.45) is -4.73. The number of quaternary nitrogens is 1. The molecule has 0 saturated carbocycles. The summed E-state index contributed by atoms with van der Waals surface area (Å²) in [4.78, 5) is 0. The predicted molar refractivity (Wildman–Crippen MR) is 71.6 cm³/mol. The minimum atomic E-state index is -4.73. The van der Waals surface area contributed by atoms with Gasteiger partial charge in [-0.05, 0) is 12.1 Å². The lowest BCUT2D eigenvalue weighted by Crippen LogP contribution is -2.89. The molecule has 1 aromatic rings. The van der Waals surface area contributed by atoms with Crippen molar-refractivity contribution in [1.29, 1.82) is 0 Å². The molecule has 0 atom stereocenters. The number of hydrogen-bond acceptors (Lipinski definition) is 2. The first kappa shape index (κ1) is 16.3. The van der Waals surface area contributed by atoms with E-state index >= 15 is 0 Å². The first-order valence-electron chi connectivity index (χ1n) is 6.12. The van der Waals surface area contributed by atoms with E-state index < -0.39 is 27.6 Å². The number of hydrogen-bond donors (Lipinski definition) is 1. The van der Waals surface area contributed by atoms with Crippen LogP contribution in [0.15, 0.2) is 18.2 Å². The van der Waals surface area contributed by atoms with Crippen LogP contribution < -0.4 is 5.32 Å². The van der Waals surface area contributed by atoms with Gasteiger partial charge in [0.2, 0.25) is 0 Å². The van der Waals surface area contributed by atoms with Gasteiger partial charge in [0.15, 0.2) is 10.2 Å². The van der Waals surface area contributed by atoms with Crippen molar-refractivity contribution in [3.05, 3.63) is 33.5 Å². The molecule has 5 nitrogen and oxygen atoms in total. The molecule has 1 heterocycles. The van der Waals surface area contributed by atoms with Crippen LogP contribution in [0, 0.1) is 0 Å². The Labute approximate surface area is 125 Å². The van der Waals surface area contributed by atoms with Crippen molar-refractivity contribution in [2.24, 2.45) is 0 Å². The molecule has 2 N–H and O–H groups in total. The first-order chi connectivity index (χ1) is 9.70. The van der Waals surface area contributed by atoms with Crippen LogP contribution in [-0.4, -0.2) is 38.9 Å². The molecule has 0 radical (unpaired) electrons. The maximum absolute atomic E-state index is 12.9. The largest absolute Gasteiger partial charge is 0.563 e. The van der Waals surface area contributed by atoms with Crippen LogP contribution in [0.25, 0.3) is 4.72 Å². The van der Waals surface area contributed by atoms with Crippen molar-refractivity contribution in [2.75, 3.05) is 26.2 Å². The third-order valence-corrected chi connectivity index (χ3v) is 4.65. The number of rotatable bonds is 3. The molecule has 1 aliphatic heterocycles. The van der Waals surface area contributed by atoms with Crippen LogP contribution in [0.3, 0.4) is 0 Å². The highest BCUT2D eigenvalue weighted by molar-refractivity contribution is 7.92. The molecule has 0 amide bonds. The monoisotopic (exact) mass is 343 g/mol. The standard InChI is InChI=1S/C11H12ClF3N3O2S/c12-8-1-2-10(9(7-8)11(13,14)15)17-21(19,20)18-5-3-16-4-6-18/h1-2,7,16H,3-6H2/q-1/p+1. The zero-order valence-corrected chi connectivity index (χ0v) is 12.3. The molecular weight excluding hydrogens is 331 g/mol. The average Bonchev–Trinajstić information content (AvgIpc) is 2.40. The molecule has 0 bridgehead atoms. The van der Waals surface area contributed by atoms with Crippen molar-refractivity contribution in [3.8, 4) is 0 Å². The number of nitrogens with zero attached hydrogens (tertiary/aromatic N) is 2. The molecule has 10 heteroatoms. The molecule has 0 spiro atoms. The number of benzene rings is 1.